The second-order valence-electron chi connectivity index (χ2n) is 4.70. The standard InChI is InChI=1S/C14H18INO2/c1-18-14(17)12-6-8-16(9-7-12)10-11-2-4-13(15)5-3-11/h2-5,12H,6-10H2,1H3. The van der Waals surface area contributed by atoms with E-state index in [9.17, 15) is 4.79 Å². The van der Waals surface area contributed by atoms with Gasteiger partial charge in [0.25, 0.3) is 0 Å². The second-order valence-corrected chi connectivity index (χ2v) is 5.95. The van der Waals surface area contributed by atoms with Gasteiger partial charge in [0.2, 0.25) is 0 Å². The maximum absolute atomic E-state index is 11.4. The van der Waals surface area contributed by atoms with E-state index in [-0.39, 0.29) is 11.9 Å². The normalized spacial score (nSPS) is 17.7. The molecule has 0 atom stereocenters. The molecule has 0 N–H and O–H groups in total. The van der Waals surface area contributed by atoms with Crippen molar-refractivity contribution in [1.82, 2.24) is 4.90 Å². The van der Waals surface area contributed by atoms with Crippen LogP contribution in [-0.4, -0.2) is 31.1 Å². The Balaban J connectivity index is 1.83. The molecule has 1 aliphatic heterocycles. The van der Waals surface area contributed by atoms with Crippen LogP contribution in [0.15, 0.2) is 24.3 Å². The molecule has 18 heavy (non-hydrogen) atoms. The van der Waals surface area contributed by atoms with Crippen molar-refractivity contribution in [3.05, 3.63) is 33.4 Å². The van der Waals surface area contributed by atoms with Crippen LogP contribution in [0.2, 0.25) is 0 Å². The molecule has 2 rings (SSSR count). The fourth-order valence-corrected chi connectivity index (χ4v) is 2.70. The molecule has 1 aromatic carbocycles. The maximum atomic E-state index is 11.4. The molecule has 1 saturated heterocycles. The monoisotopic (exact) mass is 359 g/mol. The third-order valence-electron chi connectivity index (χ3n) is 3.44. The minimum absolute atomic E-state index is 0.0519. The Morgan fingerprint density at radius 2 is 1.94 bits per heavy atom. The molecule has 0 bridgehead atoms. The number of ether oxygens (including phenoxy) is 1. The number of carbonyl (C=O) groups excluding carboxylic acids is 1. The Hall–Kier alpha value is -0.620. The van der Waals surface area contributed by atoms with E-state index >= 15 is 0 Å². The van der Waals surface area contributed by atoms with Crippen LogP contribution in [0.3, 0.4) is 0 Å². The number of nitrogens with zero attached hydrogens (tertiary/aromatic N) is 1. The van der Waals surface area contributed by atoms with Crippen LogP contribution in [0, 0.1) is 9.49 Å². The van der Waals surface area contributed by atoms with Gasteiger partial charge < -0.3 is 4.74 Å². The lowest BCUT2D eigenvalue weighted by Crippen LogP contribution is -2.36. The lowest BCUT2D eigenvalue weighted by atomic mass is 9.97. The van der Waals surface area contributed by atoms with E-state index in [1.54, 1.807) is 0 Å². The van der Waals surface area contributed by atoms with Crippen molar-refractivity contribution in [2.45, 2.75) is 19.4 Å². The number of hydrogen-bond acceptors (Lipinski definition) is 3. The van der Waals surface area contributed by atoms with Gasteiger partial charge in [-0.15, -0.1) is 0 Å². The quantitative estimate of drug-likeness (QED) is 0.614. The Morgan fingerprint density at radius 3 is 2.50 bits per heavy atom. The van der Waals surface area contributed by atoms with Crippen molar-refractivity contribution in [3.63, 3.8) is 0 Å². The van der Waals surface area contributed by atoms with Crippen molar-refractivity contribution in [3.8, 4) is 0 Å². The first-order valence-corrected chi connectivity index (χ1v) is 7.31. The molecule has 1 aromatic rings. The van der Waals surface area contributed by atoms with Crippen LogP contribution in [0.4, 0.5) is 0 Å². The van der Waals surface area contributed by atoms with Crippen LogP contribution in [0.1, 0.15) is 18.4 Å². The van der Waals surface area contributed by atoms with Gasteiger partial charge in [-0.25, -0.2) is 0 Å². The molecular formula is C14H18INO2. The number of esters is 1. The van der Waals surface area contributed by atoms with Gasteiger partial charge >= 0.3 is 5.97 Å². The third kappa shape index (κ3) is 3.68. The SMILES string of the molecule is COC(=O)C1CCN(Cc2ccc(I)cc2)CC1. The molecule has 98 valence electrons. The van der Waals surface area contributed by atoms with Gasteiger partial charge in [0.15, 0.2) is 0 Å². The number of benzene rings is 1. The fraction of sp³-hybridized carbons (Fsp3) is 0.500. The summed E-state index contributed by atoms with van der Waals surface area (Å²) in [6, 6.07) is 8.62. The molecule has 0 radical (unpaired) electrons. The number of methoxy groups -OCH3 is 1. The molecule has 4 heteroatoms. The Bertz CT molecular complexity index is 397. The Labute approximate surface area is 122 Å². The summed E-state index contributed by atoms with van der Waals surface area (Å²) in [4.78, 5) is 13.8. The van der Waals surface area contributed by atoms with Crippen molar-refractivity contribution < 1.29 is 9.53 Å². The summed E-state index contributed by atoms with van der Waals surface area (Å²) in [5, 5.41) is 0. The van der Waals surface area contributed by atoms with Crippen molar-refractivity contribution in [2.24, 2.45) is 5.92 Å². The zero-order valence-electron chi connectivity index (χ0n) is 10.6. The first-order valence-electron chi connectivity index (χ1n) is 6.23. The van der Waals surface area contributed by atoms with E-state index in [2.05, 4.69) is 51.8 Å². The first kappa shape index (κ1) is 13.8. The minimum Gasteiger partial charge on any atom is -0.469 e. The van der Waals surface area contributed by atoms with Gasteiger partial charge in [0.1, 0.15) is 0 Å². The van der Waals surface area contributed by atoms with Crippen molar-refractivity contribution in [1.29, 1.82) is 0 Å². The molecule has 0 amide bonds. The number of halogens is 1. The molecule has 1 heterocycles. The molecule has 0 aromatic heterocycles. The summed E-state index contributed by atoms with van der Waals surface area (Å²) in [5.41, 5.74) is 1.34. The van der Waals surface area contributed by atoms with Gasteiger partial charge in [-0.1, -0.05) is 12.1 Å². The summed E-state index contributed by atoms with van der Waals surface area (Å²) in [6.07, 6.45) is 1.83. The topological polar surface area (TPSA) is 29.5 Å². The average Bonchev–Trinajstić information content (AvgIpc) is 2.41. The van der Waals surface area contributed by atoms with Crippen LogP contribution < -0.4 is 0 Å². The smallest absolute Gasteiger partial charge is 0.308 e. The Kier molecular flexibility index (Phi) is 5.00. The molecule has 3 nitrogen and oxygen atoms in total. The van der Waals surface area contributed by atoms with E-state index in [1.807, 2.05) is 0 Å². The summed E-state index contributed by atoms with van der Waals surface area (Å²) >= 11 is 2.32. The number of likely N-dealkylation sites (tertiary alicyclic amines) is 1. The zero-order chi connectivity index (χ0) is 13.0. The first-order chi connectivity index (χ1) is 8.69. The highest BCUT2D eigenvalue weighted by molar-refractivity contribution is 14.1. The fourth-order valence-electron chi connectivity index (χ4n) is 2.34. The predicted octanol–water partition coefficient (Wildman–Crippen LogP) is 2.68. The number of carbonyl (C=O) groups is 1. The van der Waals surface area contributed by atoms with Gasteiger partial charge in [0.05, 0.1) is 13.0 Å². The van der Waals surface area contributed by atoms with Gasteiger partial charge in [0, 0.05) is 10.1 Å². The zero-order valence-corrected chi connectivity index (χ0v) is 12.7. The molecule has 1 aliphatic rings. The van der Waals surface area contributed by atoms with Crippen LogP contribution in [-0.2, 0) is 16.1 Å². The highest BCUT2D eigenvalue weighted by Gasteiger charge is 2.25. The molecule has 0 unspecified atom stereocenters. The molecule has 0 saturated carbocycles. The highest BCUT2D eigenvalue weighted by atomic mass is 127. The lowest BCUT2D eigenvalue weighted by Gasteiger charge is -2.30. The van der Waals surface area contributed by atoms with E-state index in [4.69, 9.17) is 4.74 Å². The lowest BCUT2D eigenvalue weighted by molar-refractivity contribution is -0.147. The van der Waals surface area contributed by atoms with E-state index in [0.717, 1.165) is 32.5 Å². The summed E-state index contributed by atoms with van der Waals surface area (Å²) < 4.78 is 6.06. The summed E-state index contributed by atoms with van der Waals surface area (Å²) in [7, 11) is 1.47. The molecule has 0 aliphatic carbocycles. The summed E-state index contributed by atoms with van der Waals surface area (Å²) in [5.74, 6) is 0.0480. The predicted molar refractivity (Wildman–Crippen MR) is 79.2 cm³/mol. The number of hydrogen-bond donors (Lipinski definition) is 0. The second kappa shape index (κ2) is 6.52. The van der Waals surface area contributed by atoms with Gasteiger partial charge in [-0.05, 0) is 66.2 Å². The number of piperidine rings is 1. The third-order valence-corrected chi connectivity index (χ3v) is 4.16. The average molecular weight is 359 g/mol. The van der Waals surface area contributed by atoms with Crippen LogP contribution in [0.25, 0.3) is 0 Å². The largest absolute Gasteiger partial charge is 0.469 e. The van der Waals surface area contributed by atoms with Crippen molar-refractivity contribution >= 4 is 28.6 Å². The van der Waals surface area contributed by atoms with E-state index in [1.165, 1.54) is 16.2 Å². The summed E-state index contributed by atoms with van der Waals surface area (Å²) in [6.45, 7) is 2.93. The van der Waals surface area contributed by atoms with Gasteiger partial charge in [-0.2, -0.15) is 0 Å². The highest BCUT2D eigenvalue weighted by Crippen LogP contribution is 2.20. The van der Waals surface area contributed by atoms with Gasteiger partial charge in [-0.3, -0.25) is 9.69 Å². The van der Waals surface area contributed by atoms with E-state index in [0.29, 0.717) is 0 Å². The van der Waals surface area contributed by atoms with Crippen LogP contribution >= 0.6 is 22.6 Å². The maximum Gasteiger partial charge on any atom is 0.308 e. The van der Waals surface area contributed by atoms with Crippen molar-refractivity contribution in [2.75, 3.05) is 20.2 Å². The minimum atomic E-state index is -0.0519. The molecule has 1 fully saturated rings. The van der Waals surface area contributed by atoms with Crippen LogP contribution in [0.5, 0.6) is 0 Å². The number of rotatable bonds is 3. The molecular weight excluding hydrogens is 341 g/mol. The Morgan fingerprint density at radius 1 is 1.33 bits per heavy atom. The molecule has 0 spiro atoms. The van der Waals surface area contributed by atoms with E-state index < -0.39 is 0 Å².